The van der Waals surface area contributed by atoms with Crippen LogP contribution in [0.5, 0.6) is 5.75 Å². The molecule has 0 unspecified atom stereocenters. The summed E-state index contributed by atoms with van der Waals surface area (Å²) in [4.78, 5) is 21.3. The molecule has 0 aliphatic rings. The number of hydrogen-bond donors (Lipinski definition) is 1. The van der Waals surface area contributed by atoms with Crippen molar-refractivity contribution in [3.05, 3.63) is 57.3 Å². The van der Waals surface area contributed by atoms with E-state index in [2.05, 4.69) is 25.9 Å². The minimum Gasteiger partial charge on any atom is -0.431 e. The largest absolute Gasteiger partial charge is 0.431 e. The number of aromatic nitrogens is 2. The molecule has 0 aliphatic carbocycles. The number of benzene rings is 2. The highest BCUT2D eigenvalue weighted by molar-refractivity contribution is 9.10. The summed E-state index contributed by atoms with van der Waals surface area (Å²) in [5.74, 6) is 0.948. The molecule has 1 N–H and O–H groups in total. The standard InChI is InChI=1S/C17H14BrN3O2S/c1-21(2)17(24)23-14-9-10(18)7-8-12(14)15-19-13-6-4-3-5-11(13)16(22)20-15/h3-9H,1-2H3,(H,19,20,22). The van der Waals surface area contributed by atoms with Gasteiger partial charge in [-0.05, 0) is 42.5 Å². The number of para-hydroxylation sites is 1. The molecule has 0 fully saturated rings. The average Bonchev–Trinajstić information content (AvgIpc) is 2.55. The van der Waals surface area contributed by atoms with Crippen molar-refractivity contribution >= 4 is 44.2 Å². The van der Waals surface area contributed by atoms with Crippen LogP contribution in [0.3, 0.4) is 0 Å². The number of hydrogen-bond acceptors (Lipinski definition) is 4. The zero-order valence-corrected chi connectivity index (χ0v) is 15.4. The van der Waals surface area contributed by atoms with Crippen molar-refractivity contribution in [2.24, 2.45) is 0 Å². The van der Waals surface area contributed by atoms with Crippen molar-refractivity contribution in [3.63, 3.8) is 0 Å². The smallest absolute Gasteiger partial charge is 0.264 e. The van der Waals surface area contributed by atoms with Crippen LogP contribution in [-0.4, -0.2) is 34.1 Å². The topological polar surface area (TPSA) is 58.2 Å². The SMILES string of the molecule is CN(C)C(=S)Oc1cc(Br)ccc1-c1nc2ccccc2c(=O)[nH]1. The summed E-state index contributed by atoms with van der Waals surface area (Å²) in [6.45, 7) is 0. The zero-order chi connectivity index (χ0) is 17.3. The van der Waals surface area contributed by atoms with Crippen LogP contribution in [0.25, 0.3) is 22.3 Å². The van der Waals surface area contributed by atoms with Gasteiger partial charge < -0.3 is 14.6 Å². The highest BCUT2D eigenvalue weighted by Crippen LogP contribution is 2.31. The summed E-state index contributed by atoms with van der Waals surface area (Å²) in [7, 11) is 3.60. The van der Waals surface area contributed by atoms with Crippen molar-refractivity contribution in [2.75, 3.05) is 14.1 Å². The van der Waals surface area contributed by atoms with Crippen LogP contribution in [0.15, 0.2) is 51.7 Å². The lowest BCUT2D eigenvalue weighted by Gasteiger charge is -2.16. The fourth-order valence-electron chi connectivity index (χ4n) is 2.18. The molecular weight excluding hydrogens is 390 g/mol. The van der Waals surface area contributed by atoms with E-state index in [1.807, 2.05) is 24.3 Å². The number of thiocarbonyl (C=S) groups is 1. The predicted octanol–water partition coefficient (Wildman–Crippen LogP) is 3.58. The van der Waals surface area contributed by atoms with Gasteiger partial charge in [-0.1, -0.05) is 28.1 Å². The molecule has 5 nitrogen and oxygen atoms in total. The van der Waals surface area contributed by atoms with Crippen molar-refractivity contribution in [1.82, 2.24) is 14.9 Å². The molecule has 0 saturated heterocycles. The van der Waals surface area contributed by atoms with E-state index in [-0.39, 0.29) is 5.56 Å². The van der Waals surface area contributed by atoms with Gasteiger partial charge in [-0.25, -0.2) is 4.98 Å². The normalized spacial score (nSPS) is 10.6. The van der Waals surface area contributed by atoms with E-state index in [1.54, 1.807) is 37.2 Å². The number of nitrogens with zero attached hydrogens (tertiary/aromatic N) is 2. The molecule has 2 aromatic carbocycles. The Morgan fingerprint density at radius 3 is 2.75 bits per heavy atom. The lowest BCUT2D eigenvalue weighted by molar-refractivity contribution is 0.450. The highest BCUT2D eigenvalue weighted by atomic mass is 79.9. The molecular formula is C17H14BrN3O2S. The minimum absolute atomic E-state index is 0.195. The molecule has 0 amide bonds. The maximum atomic E-state index is 12.3. The van der Waals surface area contributed by atoms with Crippen LogP contribution in [0, 0.1) is 0 Å². The Kier molecular flexibility index (Phi) is 4.64. The number of fused-ring (bicyclic) bond motifs is 1. The number of nitrogens with one attached hydrogen (secondary N) is 1. The first-order chi connectivity index (χ1) is 11.5. The molecule has 0 saturated carbocycles. The Hall–Kier alpha value is -2.25. The minimum atomic E-state index is -0.195. The lowest BCUT2D eigenvalue weighted by Crippen LogP contribution is -2.25. The summed E-state index contributed by atoms with van der Waals surface area (Å²) in [6.07, 6.45) is 0. The van der Waals surface area contributed by atoms with Crippen LogP contribution in [0.2, 0.25) is 0 Å². The summed E-state index contributed by atoms with van der Waals surface area (Å²) in [5.41, 5.74) is 1.09. The molecule has 0 bridgehead atoms. The van der Waals surface area contributed by atoms with Crippen molar-refractivity contribution < 1.29 is 4.74 Å². The van der Waals surface area contributed by atoms with Crippen molar-refractivity contribution in [3.8, 4) is 17.1 Å². The van der Waals surface area contributed by atoms with Gasteiger partial charge in [-0.3, -0.25) is 4.79 Å². The molecule has 0 aliphatic heterocycles. The van der Waals surface area contributed by atoms with E-state index in [4.69, 9.17) is 17.0 Å². The van der Waals surface area contributed by atoms with Gasteiger partial charge in [0.2, 0.25) is 0 Å². The second-order valence-electron chi connectivity index (χ2n) is 5.33. The average molecular weight is 404 g/mol. The molecule has 0 radical (unpaired) electrons. The third-order valence-electron chi connectivity index (χ3n) is 3.37. The molecule has 1 heterocycles. The Labute approximate surface area is 152 Å². The van der Waals surface area contributed by atoms with E-state index in [0.717, 1.165) is 4.47 Å². The van der Waals surface area contributed by atoms with Gasteiger partial charge in [0.25, 0.3) is 10.7 Å². The number of H-pyrrole nitrogens is 1. The maximum absolute atomic E-state index is 12.3. The molecule has 122 valence electrons. The van der Waals surface area contributed by atoms with Crippen LogP contribution in [-0.2, 0) is 0 Å². The molecule has 7 heteroatoms. The predicted molar refractivity (Wildman–Crippen MR) is 102 cm³/mol. The van der Waals surface area contributed by atoms with E-state index in [9.17, 15) is 4.79 Å². The molecule has 3 aromatic rings. The van der Waals surface area contributed by atoms with Gasteiger partial charge in [0, 0.05) is 18.6 Å². The first kappa shape index (κ1) is 16.6. The fourth-order valence-corrected chi connectivity index (χ4v) is 2.61. The van der Waals surface area contributed by atoms with E-state index in [0.29, 0.717) is 33.2 Å². The van der Waals surface area contributed by atoms with Crippen molar-refractivity contribution in [2.45, 2.75) is 0 Å². The Bertz CT molecular complexity index is 985. The first-order valence-electron chi connectivity index (χ1n) is 7.14. The van der Waals surface area contributed by atoms with Gasteiger partial charge in [-0.2, -0.15) is 0 Å². The van der Waals surface area contributed by atoms with Gasteiger partial charge >= 0.3 is 0 Å². The lowest BCUT2D eigenvalue weighted by atomic mass is 10.1. The van der Waals surface area contributed by atoms with Crippen LogP contribution in [0.1, 0.15) is 0 Å². The summed E-state index contributed by atoms with van der Waals surface area (Å²) >= 11 is 8.63. The first-order valence-corrected chi connectivity index (χ1v) is 8.34. The third kappa shape index (κ3) is 3.32. The van der Waals surface area contributed by atoms with Gasteiger partial charge in [0.15, 0.2) is 0 Å². The van der Waals surface area contributed by atoms with Gasteiger partial charge in [-0.15, -0.1) is 0 Å². The number of ether oxygens (including phenoxy) is 1. The van der Waals surface area contributed by atoms with E-state index >= 15 is 0 Å². The van der Waals surface area contributed by atoms with Crippen LogP contribution < -0.4 is 10.3 Å². The van der Waals surface area contributed by atoms with Gasteiger partial charge in [0.1, 0.15) is 11.6 Å². The quantitative estimate of drug-likeness (QED) is 0.662. The highest BCUT2D eigenvalue weighted by Gasteiger charge is 2.14. The maximum Gasteiger partial charge on any atom is 0.264 e. The van der Waals surface area contributed by atoms with E-state index in [1.165, 1.54) is 0 Å². The molecule has 1 aromatic heterocycles. The van der Waals surface area contributed by atoms with Crippen molar-refractivity contribution in [1.29, 1.82) is 0 Å². The van der Waals surface area contributed by atoms with Gasteiger partial charge in [0.05, 0.1) is 16.5 Å². The summed E-state index contributed by atoms with van der Waals surface area (Å²) in [5, 5.41) is 0.863. The number of halogens is 1. The third-order valence-corrected chi connectivity index (χ3v) is 4.32. The monoisotopic (exact) mass is 403 g/mol. The Morgan fingerprint density at radius 1 is 1.25 bits per heavy atom. The molecule has 3 rings (SSSR count). The number of rotatable bonds is 2. The Morgan fingerprint density at radius 2 is 2.00 bits per heavy atom. The van der Waals surface area contributed by atoms with Crippen LogP contribution in [0.4, 0.5) is 0 Å². The molecule has 0 spiro atoms. The molecule has 24 heavy (non-hydrogen) atoms. The number of aromatic amines is 1. The Balaban J connectivity index is 2.16. The zero-order valence-electron chi connectivity index (χ0n) is 13.0. The van der Waals surface area contributed by atoms with Crippen LogP contribution >= 0.6 is 28.1 Å². The summed E-state index contributed by atoms with van der Waals surface area (Å²) in [6, 6.07) is 12.7. The fraction of sp³-hybridized carbons (Fsp3) is 0.118. The molecule has 0 atom stereocenters. The van der Waals surface area contributed by atoms with E-state index < -0.39 is 0 Å². The second-order valence-corrected chi connectivity index (χ2v) is 6.60. The summed E-state index contributed by atoms with van der Waals surface area (Å²) < 4.78 is 6.60. The second kappa shape index (κ2) is 6.70.